The molecule has 0 unspecified atom stereocenters. The molecule has 0 saturated heterocycles. The van der Waals surface area contributed by atoms with Crippen molar-refractivity contribution in [3.8, 4) is 28.3 Å². The van der Waals surface area contributed by atoms with E-state index in [-0.39, 0.29) is 5.91 Å². The summed E-state index contributed by atoms with van der Waals surface area (Å²) in [6, 6.07) is 25.5. The lowest BCUT2D eigenvalue weighted by Crippen LogP contribution is -2.19. The van der Waals surface area contributed by atoms with E-state index in [0.29, 0.717) is 19.0 Å². The van der Waals surface area contributed by atoms with Crippen LogP contribution in [0.1, 0.15) is 10.4 Å². The Morgan fingerprint density at radius 2 is 1.93 bits per heavy atom. The highest BCUT2D eigenvalue weighted by Gasteiger charge is 2.19. The molecule has 0 spiro atoms. The van der Waals surface area contributed by atoms with Crippen molar-refractivity contribution in [1.29, 1.82) is 0 Å². The summed E-state index contributed by atoms with van der Waals surface area (Å²) in [6.45, 7) is 3.41. The highest BCUT2D eigenvalue weighted by Crippen LogP contribution is 2.36. The van der Waals surface area contributed by atoms with Gasteiger partial charge in [0.25, 0.3) is 0 Å². The zero-order valence-electron chi connectivity index (χ0n) is 24.8. The summed E-state index contributed by atoms with van der Waals surface area (Å²) >= 11 is 1.58. The quantitative estimate of drug-likeness (QED) is 0.170. The normalized spacial score (nSPS) is 11.2. The van der Waals surface area contributed by atoms with Crippen molar-refractivity contribution in [2.75, 3.05) is 37.9 Å². The molecule has 222 valence electrons. The molecular formula is C34H33N7O2S. The summed E-state index contributed by atoms with van der Waals surface area (Å²) in [7, 11) is 4.04. The van der Waals surface area contributed by atoms with Crippen LogP contribution in [0.25, 0.3) is 28.0 Å². The van der Waals surface area contributed by atoms with E-state index in [1.807, 2.05) is 116 Å². The summed E-state index contributed by atoms with van der Waals surface area (Å²) in [5.74, 6) is 1.18. The monoisotopic (exact) mass is 603 g/mol. The lowest BCUT2D eigenvalue weighted by molar-refractivity contribution is -0.115. The van der Waals surface area contributed by atoms with Crippen LogP contribution in [0.2, 0.25) is 0 Å². The molecule has 4 aromatic heterocycles. The van der Waals surface area contributed by atoms with Crippen molar-refractivity contribution in [2.24, 2.45) is 0 Å². The van der Waals surface area contributed by atoms with E-state index in [2.05, 4.69) is 20.5 Å². The molecule has 4 heterocycles. The zero-order chi connectivity index (χ0) is 30.5. The predicted octanol–water partition coefficient (Wildman–Crippen LogP) is 6.69. The Morgan fingerprint density at radius 1 is 1.02 bits per heavy atom. The molecule has 0 bridgehead atoms. The van der Waals surface area contributed by atoms with Crippen LogP contribution in [0, 0.1) is 6.92 Å². The molecule has 44 heavy (non-hydrogen) atoms. The number of fused-ring (bicyclic) bond motifs is 1. The summed E-state index contributed by atoms with van der Waals surface area (Å²) in [5.41, 5.74) is 6.68. The number of nitrogens with zero attached hydrogens (tertiary/aromatic N) is 5. The van der Waals surface area contributed by atoms with Crippen molar-refractivity contribution in [3.05, 3.63) is 107 Å². The Labute approximate surface area is 260 Å². The maximum atomic E-state index is 12.8. The Balaban J connectivity index is 1.31. The van der Waals surface area contributed by atoms with Gasteiger partial charge >= 0.3 is 0 Å². The predicted molar refractivity (Wildman–Crippen MR) is 177 cm³/mol. The molecule has 0 saturated carbocycles. The Morgan fingerprint density at radius 3 is 2.77 bits per heavy atom. The standard InChI is InChI=1S/C34H33N7O2S/c1-23-12-13-24(20-29(23)37-31(42)22-27-10-7-19-44-27)33-32(30-11-4-5-16-41(30)39-33)28-14-15-35-34(38-28)36-25-8-6-9-26(21-25)43-18-17-40(2)3/h4-16,19-21H,17-18,22H2,1-3H3,(H,37,42)(H,35,36,38). The van der Waals surface area contributed by atoms with E-state index < -0.39 is 0 Å². The van der Waals surface area contributed by atoms with E-state index in [1.165, 1.54) is 0 Å². The number of ether oxygens (including phenoxy) is 1. The number of anilines is 3. The van der Waals surface area contributed by atoms with Gasteiger partial charge in [-0.2, -0.15) is 5.10 Å². The summed E-state index contributed by atoms with van der Waals surface area (Å²) < 4.78 is 7.75. The first-order chi connectivity index (χ1) is 21.4. The number of likely N-dealkylation sites (N-methyl/N-ethyl adjacent to an activating group) is 1. The average molecular weight is 604 g/mol. The molecule has 0 atom stereocenters. The maximum Gasteiger partial charge on any atom is 0.229 e. The minimum Gasteiger partial charge on any atom is -0.492 e. The second kappa shape index (κ2) is 13.1. The van der Waals surface area contributed by atoms with Crippen molar-refractivity contribution >= 4 is 40.1 Å². The second-order valence-electron chi connectivity index (χ2n) is 10.7. The highest BCUT2D eigenvalue weighted by atomic mass is 32.1. The van der Waals surface area contributed by atoms with Crippen LogP contribution < -0.4 is 15.4 Å². The van der Waals surface area contributed by atoms with Crippen molar-refractivity contribution in [3.63, 3.8) is 0 Å². The molecule has 0 aliphatic heterocycles. The van der Waals surface area contributed by atoms with Crippen LogP contribution in [0.15, 0.2) is 96.6 Å². The van der Waals surface area contributed by atoms with Gasteiger partial charge in [-0.1, -0.05) is 30.3 Å². The van der Waals surface area contributed by atoms with E-state index >= 15 is 0 Å². The number of carbonyl (C=O) groups is 1. The Hall–Kier alpha value is -5.06. The number of rotatable bonds is 11. The number of hydrogen-bond acceptors (Lipinski definition) is 8. The largest absolute Gasteiger partial charge is 0.492 e. The van der Waals surface area contributed by atoms with Gasteiger partial charge in [-0.15, -0.1) is 11.3 Å². The van der Waals surface area contributed by atoms with Crippen LogP contribution in [0.3, 0.4) is 0 Å². The van der Waals surface area contributed by atoms with Crippen LogP contribution >= 0.6 is 11.3 Å². The number of aromatic nitrogens is 4. The number of benzene rings is 2. The minimum absolute atomic E-state index is 0.0541. The van der Waals surface area contributed by atoms with E-state index in [1.54, 1.807) is 17.5 Å². The molecule has 0 fully saturated rings. The fourth-order valence-electron chi connectivity index (χ4n) is 4.82. The van der Waals surface area contributed by atoms with Crippen LogP contribution in [-0.2, 0) is 11.2 Å². The molecule has 10 heteroatoms. The third-order valence-corrected chi connectivity index (χ3v) is 7.93. The Kier molecular flexibility index (Phi) is 8.62. The van der Waals surface area contributed by atoms with Crippen molar-refractivity contribution < 1.29 is 9.53 Å². The lowest BCUT2D eigenvalue weighted by atomic mass is 10.0. The number of thiophene rings is 1. The average Bonchev–Trinajstić information content (AvgIpc) is 3.66. The summed E-state index contributed by atoms with van der Waals surface area (Å²) in [4.78, 5) is 25.3. The third kappa shape index (κ3) is 6.77. The minimum atomic E-state index is -0.0541. The van der Waals surface area contributed by atoms with Crippen molar-refractivity contribution in [1.82, 2.24) is 24.5 Å². The van der Waals surface area contributed by atoms with E-state index in [9.17, 15) is 4.79 Å². The van der Waals surface area contributed by atoms with Gasteiger partial charge in [0.1, 0.15) is 18.1 Å². The van der Waals surface area contributed by atoms with Gasteiger partial charge in [0, 0.05) is 46.8 Å². The van der Waals surface area contributed by atoms with Gasteiger partial charge in [0.05, 0.1) is 23.2 Å². The fourth-order valence-corrected chi connectivity index (χ4v) is 5.52. The summed E-state index contributed by atoms with van der Waals surface area (Å²) in [6.07, 6.45) is 3.99. The van der Waals surface area contributed by atoms with Gasteiger partial charge in [0.2, 0.25) is 11.9 Å². The van der Waals surface area contributed by atoms with Crippen LogP contribution in [-0.4, -0.2) is 57.6 Å². The summed E-state index contributed by atoms with van der Waals surface area (Å²) in [5, 5.41) is 13.3. The fraction of sp³-hybridized carbons (Fsp3) is 0.176. The van der Waals surface area contributed by atoms with E-state index in [4.69, 9.17) is 14.8 Å². The SMILES string of the molecule is Cc1ccc(-c2nn3ccccc3c2-c2ccnc(Nc3cccc(OCCN(C)C)c3)n2)cc1NC(=O)Cc1cccs1. The number of aryl methyl sites for hydroxylation is 1. The lowest BCUT2D eigenvalue weighted by Gasteiger charge is -2.12. The topological polar surface area (TPSA) is 96.7 Å². The molecule has 9 nitrogen and oxygen atoms in total. The smallest absolute Gasteiger partial charge is 0.229 e. The van der Waals surface area contributed by atoms with Crippen molar-refractivity contribution in [2.45, 2.75) is 13.3 Å². The highest BCUT2D eigenvalue weighted by molar-refractivity contribution is 7.10. The molecule has 0 radical (unpaired) electrons. The maximum absolute atomic E-state index is 12.8. The number of pyridine rings is 1. The molecule has 6 aromatic rings. The molecule has 1 amide bonds. The molecule has 0 aliphatic carbocycles. The third-order valence-electron chi connectivity index (χ3n) is 7.05. The first-order valence-electron chi connectivity index (χ1n) is 14.3. The molecule has 2 N–H and O–H groups in total. The Bertz CT molecular complexity index is 1900. The van der Waals surface area contributed by atoms with Gasteiger partial charge in [-0.05, 0) is 74.4 Å². The number of carbonyl (C=O) groups excluding carboxylic acids is 1. The molecule has 6 rings (SSSR count). The van der Waals surface area contributed by atoms with Gasteiger partial charge in [-0.25, -0.2) is 14.5 Å². The number of amides is 1. The zero-order valence-corrected chi connectivity index (χ0v) is 25.6. The van der Waals surface area contributed by atoms with Gasteiger partial charge < -0.3 is 20.3 Å². The van der Waals surface area contributed by atoms with Crippen LogP contribution in [0.4, 0.5) is 17.3 Å². The van der Waals surface area contributed by atoms with Gasteiger partial charge in [-0.3, -0.25) is 4.79 Å². The molecule has 0 aliphatic rings. The van der Waals surface area contributed by atoms with E-state index in [0.717, 1.165) is 62.1 Å². The molecular weight excluding hydrogens is 570 g/mol. The molecule has 2 aromatic carbocycles. The number of nitrogens with one attached hydrogen (secondary N) is 2. The first kappa shape index (κ1) is 29.0. The number of hydrogen-bond donors (Lipinski definition) is 2. The second-order valence-corrected chi connectivity index (χ2v) is 11.7. The van der Waals surface area contributed by atoms with Gasteiger partial charge in [0.15, 0.2) is 0 Å². The van der Waals surface area contributed by atoms with Crippen LogP contribution in [0.5, 0.6) is 5.75 Å². The first-order valence-corrected chi connectivity index (χ1v) is 15.2.